The first-order chi connectivity index (χ1) is 7.68. The van der Waals surface area contributed by atoms with Crippen molar-refractivity contribution in [2.75, 3.05) is 25.4 Å². The molecule has 2 heterocycles. The first-order valence-electron chi connectivity index (χ1n) is 5.29. The van der Waals surface area contributed by atoms with Crippen LogP contribution in [0.3, 0.4) is 0 Å². The summed E-state index contributed by atoms with van der Waals surface area (Å²) in [5.74, 6) is -0.0687. The van der Waals surface area contributed by atoms with E-state index in [0.29, 0.717) is 30.9 Å². The van der Waals surface area contributed by atoms with Crippen LogP contribution < -0.4 is 5.73 Å². The summed E-state index contributed by atoms with van der Waals surface area (Å²) in [6.07, 6.45) is 3.17. The summed E-state index contributed by atoms with van der Waals surface area (Å²) in [6, 6.07) is 1.64. The summed E-state index contributed by atoms with van der Waals surface area (Å²) in [7, 11) is 0. The van der Waals surface area contributed by atoms with Gasteiger partial charge in [0.05, 0.1) is 18.3 Å². The number of nitrogens with zero attached hydrogens (tertiary/aromatic N) is 2. The van der Waals surface area contributed by atoms with Gasteiger partial charge in [0.1, 0.15) is 0 Å². The Morgan fingerprint density at radius 1 is 1.69 bits per heavy atom. The smallest absolute Gasteiger partial charge is 0.257 e. The molecule has 2 N–H and O–H groups in total. The zero-order valence-electron chi connectivity index (χ0n) is 9.22. The number of pyridine rings is 1. The van der Waals surface area contributed by atoms with Crippen LogP contribution in [-0.4, -0.2) is 41.6 Å². The van der Waals surface area contributed by atoms with Gasteiger partial charge in [0, 0.05) is 31.2 Å². The molecule has 0 bridgehead atoms. The molecular weight excluding hydrogens is 206 g/mol. The fourth-order valence-electron chi connectivity index (χ4n) is 1.76. The lowest BCUT2D eigenvalue weighted by Gasteiger charge is -2.31. The number of anilines is 1. The maximum atomic E-state index is 12.1. The molecular formula is C11H15N3O2. The van der Waals surface area contributed by atoms with Crippen molar-refractivity contribution in [2.45, 2.75) is 13.0 Å². The Morgan fingerprint density at radius 3 is 3.19 bits per heavy atom. The summed E-state index contributed by atoms with van der Waals surface area (Å²) in [5.41, 5.74) is 6.68. The minimum absolute atomic E-state index is 0.0687. The summed E-state index contributed by atoms with van der Waals surface area (Å²) >= 11 is 0. The SMILES string of the molecule is CC1CN(C(=O)c2cnccc2N)CCO1. The summed E-state index contributed by atoms with van der Waals surface area (Å²) < 4.78 is 5.38. The van der Waals surface area contributed by atoms with Crippen molar-refractivity contribution >= 4 is 11.6 Å². The lowest BCUT2D eigenvalue weighted by molar-refractivity contribution is -0.0124. The number of nitrogen functional groups attached to an aromatic ring is 1. The highest BCUT2D eigenvalue weighted by molar-refractivity contribution is 5.98. The highest BCUT2D eigenvalue weighted by Crippen LogP contribution is 2.14. The minimum atomic E-state index is -0.0687. The fourth-order valence-corrected chi connectivity index (χ4v) is 1.76. The lowest BCUT2D eigenvalue weighted by Crippen LogP contribution is -2.44. The largest absolute Gasteiger partial charge is 0.398 e. The van der Waals surface area contributed by atoms with Gasteiger partial charge in [0.2, 0.25) is 0 Å². The van der Waals surface area contributed by atoms with Crippen LogP contribution >= 0.6 is 0 Å². The molecule has 1 aliphatic heterocycles. The number of amides is 1. The van der Waals surface area contributed by atoms with Gasteiger partial charge in [-0.05, 0) is 13.0 Å². The van der Waals surface area contributed by atoms with Gasteiger partial charge in [-0.15, -0.1) is 0 Å². The van der Waals surface area contributed by atoms with Crippen molar-refractivity contribution in [3.8, 4) is 0 Å². The van der Waals surface area contributed by atoms with E-state index in [1.807, 2.05) is 6.92 Å². The van der Waals surface area contributed by atoms with E-state index in [4.69, 9.17) is 10.5 Å². The van der Waals surface area contributed by atoms with Gasteiger partial charge < -0.3 is 15.4 Å². The molecule has 0 radical (unpaired) electrons. The number of rotatable bonds is 1. The van der Waals surface area contributed by atoms with Gasteiger partial charge in [-0.2, -0.15) is 0 Å². The lowest BCUT2D eigenvalue weighted by atomic mass is 10.2. The number of ether oxygens (including phenoxy) is 1. The number of aromatic nitrogens is 1. The third-order valence-electron chi connectivity index (χ3n) is 2.61. The zero-order chi connectivity index (χ0) is 11.5. The van der Waals surface area contributed by atoms with E-state index >= 15 is 0 Å². The monoisotopic (exact) mass is 221 g/mol. The number of hydrogen-bond acceptors (Lipinski definition) is 4. The maximum absolute atomic E-state index is 12.1. The van der Waals surface area contributed by atoms with E-state index in [1.165, 1.54) is 6.20 Å². The van der Waals surface area contributed by atoms with Crippen LogP contribution in [-0.2, 0) is 4.74 Å². The van der Waals surface area contributed by atoms with Gasteiger partial charge >= 0.3 is 0 Å². The Hall–Kier alpha value is -1.62. The molecule has 0 aliphatic carbocycles. The fraction of sp³-hybridized carbons (Fsp3) is 0.455. The molecule has 0 aromatic carbocycles. The molecule has 5 heteroatoms. The molecule has 5 nitrogen and oxygen atoms in total. The zero-order valence-corrected chi connectivity index (χ0v) is 9.22. The topological polar surface area (TPSA) is 68.5 Å². The van der Waals surface area contributed by atoms with Gasteiger partial charge in [-0.3, -0.25) is 9.78 Å². The maximum Gasteiger partial charge on any atom is 0.257 e. The van der Waals surface area contributed by atoms with E-state index in [0.717, 1.165) is 0 Å². The Balaban J connectivity index is 2.16. The quantitative estimate of drug-likeness (QED) is 0.750. The molecule has 1 fully saturated rings. The average Bonchev–Trinajstić information content (AvgIpc) is 2.29. The van der Waals surface area contributed by atoms with E-state index < -0.39 is 0 Å². The highest BCUT2D eigenvalue weighted by atomic mass is 16.5. The van der Waals surface area contributed by atoms with Crippen LogP contribution in [0.5, 0.6) is 0 Å². The van der Waals surface area contributed by atoms with E-state index in [2.05, 4.69) is 4.98 Å². The predicted molar refractivity (Wildman–Crippen MR) is 60.0 cm³/mol. The van der Waals surface area contributed by atoms with Crippen LogP contribution in [0.4, 0.5) is 5.69 Å². The molecule has 16 heavy (non-hydrogen) atoms. The molecule has 1 atom stereocenters. The van der Waals surface area contributed by atoms with E-state index in [-0.39, 0.29) is 12.0 Å². The highest BCUT2D eigenvalue weighted by Gasteiger charge is 2.23. The van der Waals surface area contributed by atoms with Crippen molar-refractivity contribution in [3.05, 3.63) is 24.0 Å². The number of carbonyl (C=O) groups excluding carboxylic acids is 1. The van der Waals surface area contributed by atoms with Gasteiger partial charge in [-0.25, -0.2) is 0 Å². The average molecular weight is 221 g/mol. The van der Waals surface area contributed by atoms with Crippen molar-refractivity contribution in [1.29, 1.82) is 0 Å². The van der Waals surface area contributed by atoms with Crippen molar-refractivity contribution in [3.63, 3.8) is 0 Å². The molecule has 1 aliphatic rings. The standard InChI is InChI=1S/C11H15N3O2/c1-8-7-14(4-5-16-8)11(15)9-6-13-3-2-10(9)12/h2-3,6,8H,4-5,7H2,1H3,(H2,12,13). The molecule has 1 aromatic rings. The van der Waals surface area contributed by atoms with Crippen LogP contribution in [0.15, 0.2) is 18.5 Å². The summed E-state index contributed by atoms with van der Waals surface area (Å²) in [4.78, 5) is 17.8. The van der Waals surface area contributed by atoms with Crippen LogP contribution in [0.25, 0.3) is 0 Å². The van der Waals surface area contributed by atoms with Crippen LogP contribution in [0, 0.1) is 0 Å². The Kier molecular flexibility index (Phi) is 3.05. The molecule has 1 aromatic heterocycles. The normalized spacial score (nSPS) is 20.8. The second-order valence-corrected chi connectivity index (χ2v) is 3.90. The third-order valence-corrected chi connectivity index (χ3v) is 2.61. The second-order valence-electron chi connectivity index (χ2n) is 3.90. The van der Waals surface area contributed by atoms with Gasteiger partial charge in [0.25, 0.3) is 5.91 Å². The first-order valence-corrected chi connectivity index (χ1v) is 5.29. The number of nitrogens with two attached hydrogens (primary N) is 1. The molecule has 0 spiro atoms. The van der Waals surface area contributed by atoms with E-state index in [1.54, 1.807) is 17.2 Å². The Bertz CT molecular complexity index is 395. The van der Waals surface area contributed by atoms with Crippen molar-refractivity contribution < 1.29 is 9.53 Å². The summed E-state index contributed by atoms with van der Waals surface area (Å²) in [5, 5.41) is 0. The third kappa shape index (κ3) is 2.14. The molecule has 2 rings (SSSR count). The number of hydrogen-bond donors (Lipinski definition) is 1. The van der Waals surface area contributed by atoms with Crippen molar-refractivity contribution in [1.82, 2.24) is 9.88 Å². The predicted octanol–water partition coefficient (Wildman–Crippen LogP) is 0.525. The number of carbonyl (C=O) groups is 1. The molecule has 1 amide bonds. The minimum Gasteiger partial charge on any atom is -0.398 e. The van der Waals surface area contributed by atoms with Gasteiger partial charge in [-0.1, -0.05) is 0 Å². The van der Waals surface area contributed by atoms with Crippen molar-refractivity contribution in [2.24, 2.45) is 0 Å². The van der Waals surface area contributed by atoms with E-state index in [9.17, 15) is 4.79 Å². The number of morpholine rings is 1. The van der Waals surface area contributed by atoms with Crippen LogP contribution in [0.2, 0.25) is 0 Å². The first kappa shape index (κ1) is 10.9. The van der Waals surface area contributed by atoms with Gasteiger partial charge in [0.15, 0.2) is 0 Å². The second kappa shape index (κ2) is 4.49. The Morgan fingerprint density at radius 2 is 2.50 bits per heavy atom. The molecule has 1 saturated heterocycles. The molecule has 86 valence electrons. The Labute approximate surface area is 94.2 Å². The molecule has 1 unspecified atom stereocenters. The molecule has 0 saturated carbocycles. The van der Waals surface area contributed by atoms with Crippen LogP contribution in [0.1, 0.15) is 17.3 Å². The summed E-state index contributed by atoms with van der Waals surface area (Å²) in [6.45, 7) is 3.74.